The summed E-state index contributed by atoms with van der Waals surface area (Å²) in [5.41, 5.74) is 1.53. The Hall–Kier alpha value is -1.40. The largest absolute Gasteiger partial charge is 0.299 e. The molecule has 2 nitrogen and oxygen atoms in total. The van der Waals surface area contributed by atoms with Crippen molar-refractivity contribution in [3.8, 4) is 6.07 Å². The lowest BCUT2D eigenvalue weighted by Gasteiger charge is -2.46. The van der Waals surface area contributed by atoms with Crippen LogP contribution >= 0.6 is 0 Å². The Morgan fingerprint density at radius 1 is 1.16 bits per heavy atom. The second kappa shape index (κ2) is 5.30. The summed E-state index contributed by atoms with van der Waals surface area (Å²) in [4.78, 5) is 2.54. The van der Waals surface area contributed by atoms with E-state index in [9.17, 15) is 4.39 Å². The van der Waals surface area contributed by atoms with Gasteiger partial charge in [-0.25, -0.2) is 4.39 Å². The fourth-order valence-electron chi connectivity index (χ4n) is 3.44. The topological polar surface area (TPSA) is 27.0 Å². The molecular formula is C16H19FN2. The van der Waals surface area contributed by atoms with Gasteiger partial charge in [-0.15, -0.1) is 0 Å². The van der Waals surface area contributed by atoms with E-state index in [0.29, 0.717) is 11.5 Å². The minimum atomic E-state index is -0.316. The third-order valence-corrected chi connectivity index (χ3v) is 4.58. The zero-order valence-electron chi connectivity index (χ0n) is 11.1. The molecule has 0 bridgehead atoms. The zero-order chi connectivity index (χ0) is 13.2. The lowest BCUT2D eigenvalue weighted by atomic mass is 9.84. The van der Waals surface area contributed by atoms with Crippen LogP contribution in [-0.4, -0.2) is 24.0 Å². The summed E-state index contributed by atoms with van der Waals surface area (Å²) in [6.07, 6.45) is 6.73. The molecule has 1 heterocycles. The van der Waals surface area contributed by atoms with Gasteiger partial charge in [0.1, 0.15) is 5.82 Å². The quantitative estimate of drug-likeness (QED) is 0.812. The van der Waals surface area contributed by atoms with Crippen molar-refractivity contribution in [3.63, 3.8) is 0 Å². The van der Waals surface area contributed by atoms with Crippen LogP contribution in [0.25, 0.3) is 0 Å². The van der Waals surface area contributed by atoms with Crippen molar-refractivity contribution >= 4 is 0 Å². The van der Waals surface area contributed by atoms with Crippen LogP contribution in [0.4, 0.5) is 4.39 Å². The summed E-state index contributed by atoms with van der Waals surface area (Å²) in [5.74, 6) is 0.0981. The Labute approximate surface area is 113 Å². The van der Waals surface area contributed by atoms with E-state index in [2.05, 4.69) is 11.0 Å². The SMILES string of the molecule is N#Cc1cc(F)ccc1C1CN(C2CCCCC2)C1. The molecule has 0 amide bonds. The molecule has 0 unspecified atom stereocenters. The lowest BCUT2D eigenvalue weighted by Crippen LogP contribution is -2.51. The first kappa shape index (κ1) is 12.6. The average Bonchev–Trinajstić information content (AvgIpc) is 2.40. The fourth-order valence-corrected chi connectivity index (χ4v) is 3.44. The van der Waals surface area contributed by atoms with Crippen LogP contribution in [-0.2, 0) is 0 Å². The van der Waals surface area contributed by atoms with Gasteiger partial charge in [-0.05, 0) is 30.5 Å². The standard InChI is InChI=1S/C16H19FN2/c17-14-6-7-16(12(8-14)9-18)13-10-19(11-13)15-4-2-1-3-5-15/h6-8,13,15H,1-5,10-11H2. The number of hydrogen-bond donors (Lipinski definition) is 0. The van der Waals surface area contributed by atoms with Gasteiger partial charge in [0.05, 0.1) is 11.6 Å². The highest BCUT2D eigenvalue weighted by atomic mass is 19.1. The molecular weight excluding hydrogens is 239 g/mol. The maximum Gasteiger partial charge on any atom is 0.124 e. The van der Waals surface area contributed by atoms with E-state index in [1.54, 1.807) is 6.07 Å². The van der Waals surface area contributed by atoms with E-state index >= 15 is 0 Å². The van der Waals surface area contributed by atoms with E-state index in [1.807, 2.05) is 0 Å². The van der Waals surface area contributed by atoms with Gasteiger partial charge in [-0.3, -0.25) is 4.90 Å². The second-order valence-corrected chi connectivity index (χ2v) is 5.79. The van der Waals surface area contributed by atoms with Crippen LogP contribution in [0.2, 0.25) is 0 Å². The van der Waals surface area contributed by atoms with Crippen molar-refractivity contribution < 1.29 is 4.39 Å². The van der Waals surface area contributed by atoms with Gasteiger partial charge in [0, 0.05) is 25.0 Å². The molecule has 1 aliphatic carbocycles. The molecule has 1 aliphatic heterocycles. The van der Waals surface area contributed by atoms with E-state index in [0.717, 1.165) is 24.7 Å². The van der Waals surface area contributed by atoms with Gasteiger partial charge in [0.2, 0.25) is 0 Å². The number of nitriles is 1. The van der Waals surface area contributed by atoms with Gasteiger partial charge >= 0.3 is 0 Å². The number of hydrogen-bond acceptors (Lipinski definition) is 2. The fraction of sp³-hybridized carbons (Fsp3) is 0.562. The predicted octanol–water partition coefficient (Wildman–Crippen LogP) is 3.43. The highest BCUT2D eigenvalue weighted by Crippen LogP contribution is 2.34. The van der Waals surface area contributed by atoms with Crippen molar-refractivity contribution in [2.45, 2.75) is 44.1 Å². The van der Waals surface area contributed by atoms with Crippen molar-refractivity contribution in [2.75, 3.05) is 13.1 Å². The Balaban J connectivity index is 1.65. The molecule has 1 saturated carbocycles. The van der Waals surface area contributed by atoms with E-state index in [4.69, 9.17) is 5.26 Å². The molecule has 0 N–H and O–H groups in total. The van der Waals surface area contributed by atoms with Crippen LogP contribution < -0.4 is 0 Å². The summed E-state index contributed by atoms with van der Waals surface area (Å²) >= 11 is 0. The molecule has 2 fully saturated rings. The first-order valence-electron chi connectivity index (χ1n) is 7.21. The van der Waals surface area contributed by atoms with Crippen LogP contribution in [0.15, 0.2) is 18.2 Å². The van der Waals surface area contributed by atoms with Gasteiger partial charge in [-0.1, -0.05) is 25.3 Å². The average molecular weight is 258 g/mol. The third kappa shape index (κ3) is 2.50. The second-order valence-electron chi connectivity index (χ2n) is 5.79. The van der Waals surface area contributed by atoms with E-state index < -0.39 is 0 Å². The van der Waals surface area contributed by atoms with Crippen LogP contribution in [0.5, 0.6) is 0 Å². The Kier molecular flexibility index (Phi) is 3.52. The molecule has 2 aliphatic rings. The predicted molar refractivity (Wildman–Crippen MR) is 72.3 cm³/mol. The number of rotatable bonds is 2. The van der Waals surface area contributed by atoms with Crippen molar-refractivity contribution in [2.24, 2.45) is 0 Å². The van der Waals surface area contributed by atoms with Gasteiger partial charge in [-0.2, -0.15) is 5.26 Å². The summed E-state index contributed by atoms with van der Waals surface area (Å²) in [7, 11) is 0. The Morgan fingerprint density at radius 2 is 1.89 bits per heavy atom. The third-order valence-electron chi connectivity index (χ3n) is 4.58. The molecule has 0 spiro atoms. The van der Waals surface area contributed by atoms with E-state index in [1.165, 1.54) is 44.2 Å². The van der Waals surface area contributed by atoms with Crippen molar-refractivity contribution in [1.29, 1.82) is 5.26 Å². The number of likely N-dealkylation sites (tertiary alicyclic amines) is 1. The number of halogens is 1. The molecule has 1 saturated heterocycles. The monoisotopic (exact) mass is 258 g/mol. The summed E-state index contributed by atoms with van der Waals surface area (Å²) in [5, 5.41) is 9.10. The molecule has 3 rings (SSSR count). The highest BCUT2D eigenvalue weighted by molar-refractivity contribution is 5.41. The Bertz CT molecular complexity index is 494. The van der Waals surface area contributed by atoms with Gasteiger partial charge in [0.25, 0.3) is 0 Å². The van der Waals surface area contributed by atoms with Gasteiger partial charge in [0.15, 0.2) is 0 Å². The van der Waals surface area contributed by atoms with Crippen LogP contribution in [0.3, 0.4) is 0 Å². The van der Waals surface area contributed by atoms with Crippen molar-refractivity contribution in [3.05, 3.63) is 35.1 Å². The minimum absolute atomic E-state index is 0.316. The normalized spacial score (nSPS) is 21.9. The molecule has 3 heteroatoms. The Morgan fingerprint density at radius 3 is 2.58 bits per heavy atom. The van der Waals surface area contributed by atoms with Crippen LogP contribution in [0.1, 0.15) is 49.1 Å². The van der Waals surface area contributed by atoms with Crippen molar-refractivity contribution in [1.82, 2.24) is 4.90 Å². The first-order chi connectivity index (χ1) is 9.28. The summed E-state index contributed by atoms with van der Waals surface area (Å²) in [6, 6.07) is 7.49. The molecule has 0 atom stereocenters. The number of benzene rings is 1. The molecule has 0 aromatic heterocycles. The first-order valence-corrected chi connectivity index (χ1v) is 7.21. The molecule has 19 heavy (non-hydrogen) atoms. The molecule has 1 aromatic carbocycles. The van der Waals surface area contributed by atoms with Gasteiger partial charge < -0.3 is 0 Å². The van der Waals surface area contributed by atoms with Crippen LogP contribution in [0, 0.1) is 17.1 Å². The minimum Gasteiger partial charge on any atom is -0.299 e. The lowest BCUT2D eigenvalue weighted by molar-refractivity contribution is 0.0689. The summed E-state index contributed by atoms with van der Waals surface area (Å²) < 4.78 is 13.1. The maximum absolute atomic E-state index is 13.1. The summed E-state index contributed by atoms with van der Waals surface area (Å²) in [6.45, 7) is 2.07. The number of nitrogens with zero attached hydrogens (tertiary/aromatic N) is 2. The maximum atomic E-state index is 13.1. The molecule has 100 valence electrons. The zero-order valence-corrected chi connectivity index (χ0v) is 11.1. The molecule has 0 radical (unpaired) electrons. The van der Waals surface area contributed by atoms with E-state index in [-0.39, 0.29) is 5.82 Å². The molecule has 1 aromatic rings. The highest BCUT2D eigenvalue weighted by Gasteiger charge is 2.34. The smallest absolute Gasteiger partial charge is 0.124 e.